The zero-order valence-corrected chi connectivity index (χ0v) is 22.1. The third-order valence-corrected chi connectivity index (χ3v) is 7.50. The first-order chi connectivity index (χ1) is 15.8. The van der Waals surface area contributed by atoms with E-state index in [1.54, 1.807) is 12.4 Å². The second-order valence-electron chi connectivity index (χ2n) is 12.3. The van der Waals surface area contributed by atoms with Crippen molar-refractivity contribution in [3.05, 3.63) is 53.4 Å². The summed E-state index contributed by atoms with van der Waals surface area (Å²) < 4.78 is 0. The molecule has 1 saturated carbocycles. The lowest BCUT2D eigenvalue weighted by Gasteiger charge is -2.42. The van der Waals surface area contributed by atoms with E-state index in [2.05, 4.69) is 76.2 Å². The van der Waals surface area contributed by atoms with Gasteiger partial charge in [-0.05, 0) is 53.2 Å². The first kappa shape index (κ1) is 26.2. The molecule has 34 heavy (non-hydrogen) atoms. The number of aromatic nitrogens is 1. The standard InChI is InChI=1S/C29H43N3O2/c1-20-23(27(2,3)4)16-22(17-24(20)28(5,6)7)25(33)32-29(13-9-8-10-14-29)26(34)31-19-21-12-11-15-30-18-21/h11-12,15-18,20,23H,8-10,13-14,19H2,1-7H3,(H,31,34)(H,32,33). The van der Waals surface area contributed by atoms with Gasteiger partial charge < -0.3 is 10.6 Å². The fourth-order valence-corrected chi connectivity index (χ4v) is 5.63. The maximum atomic E-state index is 13.7. The Hall–Kier alpha value is -2.43. The second-order valence-corrected chi connectivity index (χ2v) is 12.3. The summed E-state index contributed by atoms with van der Waals surface area (Å²) in [6.07, 6.45) is 12.0. The lowest BCUT2D eigenvalue weighted by molar-refractivity contribution is -0.133. The van der Waals surface area contributed by atoms with Crippen molar-refractivity contribution in [1.29, 1.82) is 0 Å². The Bertz CT molecular complexity index is 942. The molecule has 0 saturated heterocycles. The molecule has 2 atom stereocenters. The second kappa shape index (κ2) is 10.1. The molecular formula is C29H43N3O2. The van der Waals surface area contributed by atoms with Crippen LogP contribution in [0.2, 0.25) is 0 Å². The van der Waals surface area contributed by atoms with Gasteiger partial charge in [-0.3, -0.25) is 14.6 Å². The van der Waals surface area contributed by atoms with Gasteiger partial charge in [0.15, 0.2) is 0 Å². The summed E-state index contributed by atoms with van der Waals surface area (Å²) in [6.45, 7) is 16.0. The van der Waals surface area contributed by atoms with Crippen LogP contribution in [-0.4, -0.2) is 22.3 Å². The molecular weight excluding hydrogens is 422 g/mol. The summed E-state index contributed by atoms with van der Waals surface area (Å²) in [4.78, 5) is 31.2. The molecule has 1 aromatic rings. The summed E-state index contributed by atoms with van der Waals surface area (Å²) in [6, 6.07) is 3.81. The van der Waals surface area contributed by atoms with Gasteiger partial charge in [0.2, 0.25) is 5.91 Å². The molecule has 0 aromatic carbocycles. The number of hydrogen-bond donors (Lipinski definition) is 2. The Morgan fingerprint density at radius 2 is 1.76 bits per heavy atom. The number of pyridine rings is 1. The smallest absolute Gasteiger partial charge is 0.251 e. The average molecular weight is 466 g/mol. The van der Waals surface area contributed by atoms with E-state index in [0.29, 0.717) is 30.9 Å². The average Bonchev–Trinajstić information content (AvgIpc) is 2.77. The van der Waals surface area contributed by atoms with Gasteiger partial charge in [-0.25, -0.2) is 0 Å². The van der Waals surface area contributed by atoms with Gasteiger partial charge in [-0.1, -0.05) is 85.4 Å². The minimum atomic E-state index is -0.867. The topological polar surface area (TPSA) is 71.1 Å². The highest BCUT2D eigenvalue weighted by Gasteiger charge is 2.42. The van der Waals surface area contributed by atoms with Crippen LogP contribution in [-0.2, 0) is 16.1 Å². The Morgan fingerprint density at radius 1 is 1.09 bits per heavy atom. The molecule has 186 valence electrons. The summed E-state index contributed by atoms with van der Waals surface area (Å²) in [5.74, 6) is 0.361. The monoisotopic (exact) mass is 465 g/mol. The Balaban J connectivity index is 1.86. The number of rotatable bonds is 5. The number of nitrogens with one attached hydrogen (secondary N) is 2. The zero-order valence-electron chi connectivity index (χ0n) is 22.1. The normalized spacial score (nSPS) is 22.9. The van der Waals surface area contributed by atoms with E-state index >= 15 is 0 Å². The molecule has 3 rings (SSSR count). The molecule has 5 heteroatoms. The predicted octanol–water partition coefficient (Wildman–Crippen LogP) is 5.73. The van der Waals surface area contributed by atoms with Gasteiger partial charge in [-0.2, -0.15) is 0 Å². The van der Waals surface area contributed by atoms with Crippen molar-refractivity contribution in [3.8, 4) is 0 Å². The highest BCUT2D eigenvalue weighted by Crippen LogP contribution is 2.46. The van der Waals surface area contributed by atoms with Crippen molar-refractivity contribution in [2.24, 2.45) is 22.7 Å². The van der Waals surface area contributed by atoms with Crippen molar-refractivity contribution in [2.45, 2.75) is 92.7 Å². The van der Waals surface area contributed by atoms with Crippen LogP contribution in [0, 0.1) is 22.7 Å². The van der Waals surface area contributed by atoms with Crippen molar-refractivity contribution < 1.29 is 9.59 Å². The number of carbonyl (C=O) groups is 2. The number of allylic oxidation sites excluding steroid dienone is 2. The quantitative estimate of drug-likeness (QED) is 0.583. The first-order valence-electron chi connectivity index (χ1n) is 12.8. The van der Waals surface area contributed by atoms with Crippen LogP contribution in [0.5, 0.6) is 0 Å². The lowest BCUT2D eigenvalue weighted by Crippen LogP contribution is -2.59. The minimum Gasteiger partial charge on any atom is -0.350 e. The van der Waals surface area contributed by atoms with Crippen LogP contribution >= 0.6 is 0 Å². The molecule has 2 aliphatic rings. The number of amides is 2. The van der Waals surface area contributed by atoms with E-state index in [1.807, 2.05) is 12.1 Å². The summed E-state index contributed by atoms with van der Waals surface area (Å²) >= 11 is 0. The summed E-state index contributed by atoms with van der Waals surface area (Å²) in [5, 5.41) is 6.28. The largest absolute Gasteiger partial charge is 0.350 e. The summed E-state index contributed by atoms with van der Waals surface area (Å²) in [5.41, 5.74) is 2.05. The molecule has 1 fully saturated rings. The van der Waals surface area contributed by atoms with E-state index in [4.69, 9.17) is 0 Å². The van der Waals surface area contributed by atoms with Gasteiger partial charge in [0.25, 0.3) is 5.91 Å². The Labute approximate surface area is 205 Å². The molecule has 1 heterocycles. The van der Waals surface area contributed by atoms with Crippen LogP contribution in [0.1, 0.15) is 86.1 Å². The van der Waals surface area contributed by atoms with Gasteiger partial charge in [-0.15, -0.1) is 0 Å². The number of nitrogens with zero attached hydrogens (tertiary/aromatic N) is 1. The molecule has 0 aliphatic heterocycles. The van der Waals surface area contributed by atoms with Crippen LogP contribution in [0.25, 0.3) is 0 Å². The highest BCUT2D eigenvalue weighted by molar-refractivity contribution is 6.01. The predicted molar refractivity (Wildman–Crippen MR) is 138 cm³/mol. The molecule has 2 N–H and O–H groups in total. The number of carbonyl (C=O) groups excluding carboxylic acids is 2. The van der Waals surface area contributed by atoms with Crippen LogP contribution in [0.3, 0.4) is 0 Å². The van der Waals surface area contributed by atoms with Gasteiger partial charge >= 0.3 is 0 Å². The lowest BCUT2D eigenvalue weighted by atomic mass is 9.63. The highest BCUT2D eigenvalue weighted by atomic mass is 16.2. The van der Waals surface area contributed by atoms with E-state index in [-0.39, 0.29) is 28.6 Å². The zero-order chi connectivity index (χ0) is 25.1. The Morgan fingerprint density at radius 3 is 2.32 bits per heavy atom. The Kier molecular flexibility index (Phi) is 7.74. The molecule has 2 aliphatic carbocycles. The molecule has 0 spiro atoms. The SMILES string of the molecule is CC1C(C(C)(C)C)=CC(C(=O)NC2(C(=O)NCc3cccnc3)CCCCC2)=CC1C(C)(C)C. The third-order valence-electron chi connectivity index (χ3n) is 7.50. The van der Waals surface area contributed by atoms with Gasteiger partial charge in [0.05, 0.1) is 0 Å². The van der Waals surface area contributed by atoms with Crippen molar-refractivity contribution in [1.82, 2.24) is 15.6 Å². The summed E-state index contributed by atoms with van der Waals surface area (Å²) in [7, 11) is 0. The van der Waals surface area contributed by atoms with Gasteiger partial charge in [0, 0.05) is 24.5 Å². The van der Waals surface area contributed by atoms with E-state index in [1.165, 1.54) is 5.57 Å². The van der Waals surface area contributed by atoms with Gasteiger partial charge in [0.1, 0.15) is 5.54 Å². The third kappa shape index (κ3) is 5.97. The van der Waals surface area contributed by atoms with Crippen molar-refractivity contribution >= 4 is 11.8 Å². The first-order valence-corrected chi connectivity index (χ1v) is 12.8. The van der Waals surface area contributed by atoms with E-state index in [9.17, 15) is 9.59 Å². The molecule has 2 unspecified atom stereocenters. The molecule has 5 nitrogen and oxygen atoms in total. The minimum absolute atomic E-state index is 0.0271. The molecule has 0 radical (unpaired) electrons. The van der Waals surface area contributed by atoms with E-state index in [0.717, 1.165) is 24.8 Å². The fourth-order valence-electron chi connectivity index (χ4n) is 5.63. The maximum absolute atomic E-state index is 13.7. The molecule has 1 aromatic heterocycles. The number of hydrogen-bond acceptors (Lipinski definition) is 3. The van der Waals surface area contributed by atoms with Crippen LogP contribution in [0.15, 0.2) is 47.8 Å². The van der Waals surface area contributed by atoms with Crippen LogP contribution < -0.4 is 10.6 Å². The van der Waals surface area contributed by atoms with Crippen molar-refractivity contribution in [2.75, 3.05) is 0 Å². The van der Waals surface area contributed by atoms with E-state index < -0.39 is 5.54 Å². The van der Waals surface area contributed by atoms with Crippen molar-refractivity contribution in [3.63, 3.8) is 0 Å². The van der Waals surface area contributed by atoms with Crippen LogP contribution in [0.4, 0.5) is 0 Å². The maximum Gasteiger partial charge on any atom is 0.251 e. The molecule has 0 bridgehead atoms. The molecule has 2 amide bonds. The fraction of sp³-hybridized carbons (Fsp3) is 0.621.